The zero-order chi connectivity index (χ0) is 41.9. The number of aryl methyl sites for hydroxylation is 3. The van der Waals surface area contributed by atoms with Crippen molar-refractivity contribution in [3.63, 3.8) is 0 Å². The molecule has 9 N–H and O–H groups in total. The van der Waals surface area contributed by atoms with E-state index in [0.29, 0.717) is 56.8 Å². The molecule has 0 saturated carbocycles. The molecule has 18 nitrogen and oxygen atoms in total. The third-order valence-electron chi connectivity index (χ3n) is 7.89. The van der Waals surface area contributed by atoms with E-state index in [2.05, 4.69) is 32.2 Å². The molecular weight excluding hydrogens is 984 g/mol. The maximum absolute atomic E-state index is 12.7. The van der Waals surface area contributed by atoms with E-state index in [1.54, 1.807) is 37.4 Å². The summed E-state index contributed by atoms with van der Waals surface area (Å²) in [6, 6.07) is 5.44. The van der Waals surface area contributed by atoms with Gasteiger partial charge in [-0.2, -0.15) is 0 Å². The number of halogens is 2. The fourth-order valence-electron chi connectivity index (χ4n) is 4.95. The predicted molar refractivity (Wildman–Crippen MR) is 215 cm³/mol. The molecule has 2 aromatic heterocycles. The van der Waals surface area contributed by atoms with E-state index < -0.39 is 46.3 Å². The van der Waals surface area contributed by atoms with Gasteiger partial charge in [0, 0.05) is 50.9 Å². The average molecular weight is 1040 g/mol. The van der Waals surface area contributed by atoms with Crippen LogP contribution in [0.2, 0.25) is 0 Å². The summed E-state index contributed by atoms with van der Waals surface area (Å²) in [5.41, 5.74) is 1.88. The van der Waals surface area contributed by atoms with Crippen molar-refractivity contribution in [2.75, 3.05) is 13.2 Å². The zero-order valence-electron chi connectivity index (χ0n) is 32.5. The molecule has 0 aliphatic carbocycles. The molecular formula is C37H53Cl2N7O11Pt. The molecule has 0 bridgehead atoms. The zero-order valence-corrected chi connectivity index (χ0v) is 36.2. The number of Topliss-reactive ketones (excluding diaryl/α,β-unsaturated/α-hetero) is 2. The second-order valence-electron chi connectivity index (χ2n) is 12.5. The van der Waals surface area contributed by atoms with Crippen molar-refractivity contribution in [3.8, 4) is 0 Å². The Hall–Kier alpha value is -4.19. The molecule has 21 heteroatoms. The van der Waals surface area contributed by atoms with Crippen LogP contribution >= 0.6 is 18.8 Å². The molecule has 58 heavy (non-hydrogen) atoms. The minimum absolute atomic E-state index is 0. The summed E-state index contributed by atoms with van der Waals surface area (Å²) in [5, 5.41) is 28.8. The number of unbranched alkanes of at least 4 members (excludes halogenated alkanes) is 2. The Balaban J connectivity index is 0. The van der Waals surface area contributed by atoms with E-state index in [4.69, 9.17) is 33.8 Å². The summed E-state index contributed by atoms with van der Waals surface area (Å²) in [4.78, 5) is 96.0. The first-order valence-electron chi connectivity index (χ1n) is 17.9. The Labute approximate surface area is 353 Å². The molecule has 0 saturated heterocycles. The number of benzene rings is 1. The number of carbonyl (C=O) groups excluding carboxylic acids is 3. The molecule has 0 fully saturated rings. The van der Waals surface area contributed by atoms with Crippen molar-refractivity contribution >= 4 is 65.4 Å². The van der Waals surface area contributed by atoms with E-state index in [0.717, 1.165) is 24.8 Å². The molecule has 3 aromatic rings. The van der Waals surface area contributed by atoms with E-state index >= 15 is 0 Å². The van der Waals surface area contributed by atoms with Gasteiger partial charge < -0.3 is 42.7 Å². The molecule has 1 unspecified atom stereocenters. The maximum Gasteiger partial charge on any atom is -0.693 e. The van der Waals surface area contributed by atoms with Crippen molar-refractivity contribution < 1.29 is 65.3 Å². The summed E-state index contributed by atoms with van der Waals surface area (Å²) in [5.74, 6) is -3.34. The van der Waals surface area contributed by atoms with Gasteiger partial charge in [-0.3, -0.25) is 28.8 Å². The largest absolute Gasteiger partial charge is 0.693 e. The molecule has 3 rings (SSSR count). The first kappa shape index (κ1) is 55.9. The standard InChI is InChI=1S/C31H37N5O9.C6H12O2.2ClH.2H2N.Pt/c1-19-33-28-27(30(42)34-19)35-22(18-32-28)11-8-20-6-9-21(10-7-20)29(41)36-25(31(43)44)14-12-23(37)4-2-16-45-17-3-5-24(38)13-15-26(39)40;1-2-3-4-5-6(7)8;;;;;/h6-7,9-10,18,25H,2-5,8,11-17H2,1H3,(H,36,41)(H,39,40)(H,43,44)(H,32,33,34,42);2-5H2,1H3,(H,7,8);2*1H;2*1H2;/q;;;;2*-1;+4/p-2. The number of H-pyrrole nitrogens is 1. The van der Waals surface area contributed by atoms with Gasteiger partial charge >= 0.3 is 53.2 Å². The van der Waals surface area contributed by atoms with Crippen molar-refractivity contribution in [1.82, 2.24) is 25.3 Å². The van der Waals surface area contributed by atoms with Gasteiger partial charge in [0.05, 0.1) is 18.3 Å². The number of hydrogen-bond donors (Lipinski definition) is 5. The number of amides is 1. The number of rotatable bonds is 24. The Bertz CT molecular complexity index is 1780. The smallest absolute Gasteiger partial charge is 0.693 e. The van der Waals surface area contributed by atoms with Crippen molar-refractivity contribution in [2.24, 2.45) is 0 Å². The number of carbonyl (C=O) groups is 6. The SMILES string of the molecule is CCCCCC(=O)O.Cc1nc2ncc(CCc3ccc(C(=O)NC(CCC(=O)CCCOCCCC(=O)CCC(=O)O)C(=O)O)cc3)nc2c(=O)[nH]1.[Cl][Pt+2][Cl].[NH2-].[NH2-]. The maximum atomic E-state index is 12.7. The molecule has 0 spiro atoms. The number of fused-ring (bicyclic) bond motifs is 1. The van der Waals surface area contributed by atoms with E-state index in [9.17, 15) is 38.7 Å². The number of carboxylic acids is 3. The molecule has 0 aliphatic heterocycles. The monoisotopic (exact) mass is 1040 g/mol. The Morgan fingerprint density at radius 2 is 1.40 bits per heavy atom. The van der Waals surface area contributed by atoms with Gasteiger partial charge in [0.2, 0.25) is 0 Å². The molecule has 0 aliphatic rings. The minimum Gasteiger partial charge on any atom is -0.693 e. The molecule has 1 amide bonds. The van der Waals surface area contributed by atoms with Crippen LogP contribution in [0, 0.1) is 6.92 Å². The van der Waals surface area contributed by atoms with E-state index in [-0.39, 0.29) is 84.7 Å². The quantitative estimate of drug-likeness (QED) is 0.0576. The van der Waals surface area contributed by atoms with Gasteiger partial charge in [0.15, 0.2) is 11.2 Å². The van der Waals surface area contributed by atoms with Gasteiger partial charge in [0.1, 0.15) is 23.4 Å². The molecule has 2 heterocycles. The molecule has 1 atom stereocenters. The molecule has 0 radical (unpaired) electrons. The number of hydrogen-bond acceptors (Lipinski definition) is 11. The van der Waals surface area contributed by atoms with Crippen molar-refractivity contribution in [3.05, 3.63) is 75.8 Å². The number of nitrogens with zero attached hydrogens (tertiary/aromatic N) is 3. The van der Waals surface area contributed by atoms with Crippen LogP contribution in [0.5, 0.6) is 0 Å². The van der Waals surface area contributed by atoms with E-state index in [1.165, 1.54) is 0 Å². The Morgan fingerprint density at radius 3 is 1.95 bits per heavy atom. The summed E-state index contributed by atoms with van der Waals surface area (Å²) in [6.07, 6.45) is 7.00. The number of nitrogens with two attached hydrogens (primary N) is 2. The van der Waals surface area contributed by atoms with Crippen LogP contribution in [-0.2, 0) is 58.0 Å². The summed E-state index contributed by atoms with van der Waals surface area (Å²) < 4.78 is 5.40. The Kier molecular flexibility index (Phi) is 31.5. The van der Waals surface area contributed by atoms with Crippen LogP contribution in [0.3, 0.4) is 0 Å². The summed E-state index contributed by atoms with van der Waals surface area (Å²) in [6.45, 7) is 4.34. The first-order chi connectivity index (χ1) is 26.7. The van der Waals surface area contributed by atoms with Crippen LogP contribution in [0.4, 0.5) is 0 Å². The van der Waals surface area contributed by atoms with Crippen LogP contribution in [0.1, 0.15) is 111 Å². The summed E-state index contributed by atoms with van der Waals surface area (Å²) in [7, 11) is 9.75. The van der Waals surface area contributed by atoms with Gasteiger partial charge in [-0.25, -0.2) is 19.7 Å². The average Bonchev–Trinajstić information content (AvgIpc) is 3.15. The van der Waals surface area contributed by atoms with E-state index in [1.807, 2.05) is 0 Å². The second-order valence-corrected chi connectivity index (χ2v) is 15.8. The van der Waals surface area contributed by atoms with Crippen molar-refractivity contribution in [1.29, 1.82) is 0 Å². The fourth-order valence-corrected chi connectivity index (χ4v) is 4.95. The van der Waals surface area contributed by atoms with Crippen LogP contribution in [0.25, 0.3) is 23.5 Å². The van der Waals surface area contributed by atoms with Crippen molar-refractivity contribution in [2.45, 2.75) is 110 Å². The second kappa shape index (κ2) is 32.7. The number of ether oxygens (including phenoxy) is 1. The number of aromatic amines is 1. The van der Waals surface area contributed by atoms with Crippen LogP contribution in [0.15, 0.2) is 35.3 Å². The Morgan fingerprint density at radius 1 is 0.810 bits per heavy atom. The number of aliphatic carboxylic acids is 3. The third kappa shape index (κ3) is 25.2. The van der Waals surface area contributed by atoms with Gasteiger partial charge in [-0.05, 0) is 63.1 Å². The van der Waals surface area contributed by atoms with Gasteiger partial charge in [-0.1, -0.05) is 31.9 Å². The number of aromatic nitrogens is 4. The third-order valence-corrected chi connectivity index (χ3v) is 7.89. The minimum atomic E-state index is -1.24. The van der Waals surface area contributed by atoms with Crippen LogP contribution in [-0.4, -0.2) is 89.9 Å². The van der Waals surface area contributed by atoms with Gasteiger partial charge in [-0.15, -0.1) is 0 Å². The van der Waals surface area contributed by atoms with Crippen LogP contribution < -0.4 is 10.9 Å². The van der Waals surface area contributed by atoms with Gasteiger partial charge in [0.25, 0.3) is 11.5 Å². The number of ketones is 2. The normalized spacial score (nSPS) is 10.7. The molecule has 1 aromatic carbocycles. The first-order valence-corrected chi connectivity index (χ1v) is 23.6. The number of carboxylic acid groups (broad SMARTS) is 3. The fraction of sp³-hybridized carbons (Fsp3) is 0.514. The summed E-state index contributed by atoms with van der Waals surface area (Å²) >= 11 is -0.472. The molecule has 326 valence electrons. The number of nitrogens with one attached hydrogen (secondary N) is 2. The topological polar surface area (TPSA) is 323 Å². The predicted octanol–water partition coefficient (Wildman–Crippen LogP) is 6.81.